The summed E-state index contributed by atoms with van der Waals surface area (Å²) in [6.45, 7) is 1.26. The van der Waals surface area contributed by atoms with Gasteiger partial charge in [0.15, 0.2) is 0 Å². The summed E-state index contributed by atoms with van der Waals surface area (Å²) >= 11 is 5.68. The fraction of sp³-hybridized carbons (Fsp3) is 0.462. The van der Waals surface area contributed by atoms with Crippen LogP contribution in [0.2, 0.25) is 5.02 Å². The molecular weight excluding hydrogens is 290 g/mol. The summed E-state index contributed by atoms with van der Waals surface area (Å²) in [5.41, 5.74) is 0.797. The molecule has 0 spiro atoms. The Labute approximate surface area is 123 Å². The quantitative estimate of drug-likeness (QED) is 0.901. The lowest BCUT2D eigenvalue weighted by Crippen LogP contribution is -2.46. The van der Waals surface area contributed by atoms with Gasteiger partial charge in [0.25, 0.3) is 0 Å². The lowest BCUT2D eigenvalue weighted by molar-refractivity contribution is -0.123. The van der Waals surface area contributed by atoms with Crippen LogP contribution in [0.5, 0.6) is 0 Å². The molecule has 106 valence electrons. The second-order valence-corrected chi connectivity index (χ2v) is 4.88. The van der Waals surface area contributed by atoms with Crippen LogP contribution in [0.4, 0.5) is 4.39 Å². The van der Waals surface area contributed by atoms with Gasteiger partial charge < -0.3 is 10.6 Å². The van der Waals surface area contributed by atoms with E-state index in [2.05, 4.69) is 10.6 Å². The average molecular weight is 307 g/mol. The number of nitrogens with one attached hydrogen (secondary N) is 2. The van der Waals surface area contributed by atoms with Crippen LogP contribution >= 0.6 is 24.0 Å². The van der Waals surface area contributed by atoms with Crippen LogP contribution in [0, 0.1) is 5.82 Å². The molecule has 0 unspecified atom stereocenters. The monoisotopic (exact) mass is 306 g/mol. The molecule has 3 nitrogen and oxygen atoms in total. The minimum Gasteiger partial charge on any atom is -0.351 e. The van der Waals surface area contributed by atoms with Crippen molar-refractivity contribution < 1.29 is 9.18 Å². The fourth-order valence-corrected chi connectivity index (χ4v) is 2.24. The zero-order chi connectivity index (χ0) is 13.0. The van der Waals surface area contributed by atoms with Crippen LogP contribution in [0.1, 0.15) is 24.8 Å². The number of hydrogen-bond donors (Lipinski definition) is 2. The summed E-state index contributed by atoms with van der Waals surface area (Å²) in [6.07, 6.45) is 3.07. The van der Waals surface area contributed by atoms with Crippen molar-refractivity contribution in [2.24, 2.45) is 0 Å². The first kappa shape index (κ1) is 16.2. The van der Waals surface area contributed by atoms with Crippen LogP contribution in [-0.4, -0.2) is 18.5 Å². The maximum Gasteiger partial charge on any atom is 0.237 e. The first-order valence-electron chi connectivity index (χ1n) is 6.12. The van der Waals surface area contributed by atoms with E-state index in [1.54, 1.807) is 6.07 Å². The zero-order valence-corrected chi connectivity index (χ0v) is 12.0. The molecule has 1 aliphatic heterocycles. The SMILES string of the molecule is Cl.O=C(NCc1ccc(F)c(Cl)c1)[C@H]1CCCCN1. The van der Waals surface area contributed by atoms with Crippen molar-refractivity contribution in [3.8, 4) is 0 Å². The van der Waals surface area contributed by atoms with Crippen molar-refractivity contribution in [1.29, 1.82) is 0 Å². The normalized spacial score (nSPS) is 18.5. The molecule has 1 saturated heterocycles. The molecule has 1 aromatic rings. The van der Waals surface area contributed by atoms with Crippen LogP contribution in [0.3, 0.4) is 0 Å². The molecular formula is C13H17Cl2FN2O. The summed E-state index contributed by atoms with van der Waals surface area (Å²) in [4.78, 5) is 11.8. The molecule has 1 atom stereocenters. The van der Waals surface area contributed by atoms with Crippen molar-refractivity contribution in [1.82, 2.24) is 10.6 Å². The minimum absolute atomic E-state index is 0. The highest BCUT2D eigenvalue weighted by atomic mass is 35.5. The lowest BCUT2D eigenvalue weighted by Gasteiger charge is -2.22. The Hall–Kier alpha value is -0.840. The fourth-order valence-electron chi connectivity index (χ4n) is 2.04. The number of amides is 1. The number of benzene rings is 1. The lowest BCUT2D eigenvalue weighted by atomic mass is 10.0. The largest absolute Gasteiger partial charge is 0.351 e. The average Bonchev–Trinajstić information content (AvgIpc) is 2.41. The molecule has 2 rings (SSSR count). The summed E-state index contributed by atoms with van der Waals surface area (Å²) < 4.78 is 13.0. The Kier molecular flexibility index (Phi) is 6.55. The number of rotatable bonds is 3. The molecule has 0 aromatic heterocycles. The van der Waals surface area contributed by atoms with Gasteiger partial charge in [0.05, 0.1) is 11.1 Å². The predicted octanol–water partition coefficient (Wildman–Crippen LogP) is 2.66. The number of piperidine rings is 1. The molecule has 1 heterocycles. The molecule has 2 N–H and O–H groups in total. The van der Waals surface area contributed by atoms with Gasteiger partial charge in [-0.1, -0.05) is 24.1 Å². The second kappa shape index (κ2) is 7.68. The Bertz CT molecular complexity index is 437. The van der Waals surface area contributed by atoms with E-state index in [0.29, 0.717) is 6.54 Å². The van der Waals surface area contributed by atoms with Crippen molar-refractivity contribution in [2.45, 2.75) is 31.8 Å². The third-order valence-corrected chi connectivity index (χ3v) is 3.37. The highest BCUT2D eigenvalue weighted by Gasteiger charge is 2.19. The van der Waals surface area contributed by atoms with Crippen molar-refractivity contribution in [2.75, 3.05) is 6.54 Å². The molecule has 1 aliphatic rings. The van der Waals surface area contributed by atoms with Gasteiger partial charge in [-0.2, -0.15) is 0 Å². The predicted molar refractivity (Wildman–Crippen MR) is 76.1 cm³/mol. The van der Waals surface area contributed by atoms with Crippen LogP contribution in [-0.2, 0) is 11.3 Å². The van der Waals surface area contributed by atoms with Gasteiger partial charge in [0, 0.05) is 6.54 Å². The van der Waals surface area contributed by atoms with E-state index in [1.807, 2.05) is 0 Å². The molecule has 6 heteroatoms. The van der Waals surface area contributed by atoms with Gasteiger partial charge in [-0.3, -0.25) is 4.79 Å². The molecule has 0 saturated carbocycles. The van der Waals surface area contributed by atoms with Crippen molar-refractivity contribution in [3.05, 3.63) is 34.6 Å². The van der Waals surface area contributed by atoms with Gasteiger partial charge >= 0.3 is 0 Å². The van der Waals surface area contributed by atoms with Gasteiger partial charge in [0.2, 0.25) is 5.91 Å². The number of carbonyl (C=O) groups is 1. The Balaban J connectivity index is 0.00000180. The minimum atomic E-state index is -0.444. The van der Waals surface area contributed by atoms with E-state index in [1.165, 1.54) is 12.1 Å². The van der Waals surface area contributed by atoms with Gasteiger partial charge in [0.1, 0.15) is 5.82 Å². The topological polar surface area (TPSA) is 41.1 Å². The van der Waals surface area contributed by atoms with E-state index >= 15 is 0 Å². The third-order valence-electron chi connectivity index (χ3n) is 3.08. The maximum atomic E-state index is 13.0. The molecule has 0 radical (unpaired) electrons. The Morgan fingerprint density at radius 1 is 1.47 bits per heavy atom. The van der Waals surface area contributed by atoms with Gasteiger partial charge in [-0.05, 0) is 37.1 Å². The summed E-state index contributed by atoms with van der Waals surface area (Å²) in [5.74, 6) is -0.448. The molecule has 1 fully saturated rings. The van der Waals surface area contributed by atoms with E-state index in [4.69, 9.17) is 11.6 Å². The number of hydrogen-bond acceptors (Lipinski definition) is 2. The molecule has 0 bridgehead atoms. The highest BCUT2D eigenvalue weighted by molar-refractivity contribution is 6.30. The van der Waals surface area contributed by atoms with E-state index in [9.17, 15) is 9.18 Å². The van der Waals surface area contributed by atoms with E-state index in [0.717, 1.165) is 31.4 Å². The van der Waals surface area contributed by atoms with Crippen LogP contribution < -0.4 is 10.6 Å². The number of carbonyl (C=O) groups excluding carboxylic acids is 1. The Morgan fingerprint density at radius 3 is 2.89 bits per heavy atom. The summed E-state index contributed by atoms with van der Waals surface area (Å²) in [7, 11) is 0. The molecule has 1 aromatic carbocycles. The first-order chi connectivity index (χ1) is 8.66. The maximum absolute atomic E-state index is 13.0. The standard InChI is InChI=1S/C13H16ClFN2O.ClH/c14-10-7-9(4-5-11(10)15)8-17-13(18)12-3-1-2-6-16-12;/h4-5,7,12,16H,1-3,6,8H2,(H,17,18);1H/t12-;/m1./s1. The molecule has 19 heavy (non-hydrogen) atoms. The summed E-state index contributed by atoms with van der Waals surface area (Å²) in [5, 5.41) is 6.09. The molecule has 1 amide bonds. The first-order valence-corrected chi connectivity index (χ1v) is 6.49. The van der Waals surface area contributed by atoms with E-state index in [-0.39, 0.29) is 29.4 Å². The third kappa shape index (κ3) is 4.64. The van der Waals surface area contributed by atoms with Gasteiger partial charge in [-0.15, -0.1) is 12.4 Å². The van der Waals surface area contributed by atoms with Crippen molar-refractivity contribution >= 4 is 29.9 Å². The second-order valence-electron chi connectivity index (χ2n) is 4.47. The number of halogens is 3. The highest BCUT2D eigenvalue weighted by Crippen LogP contribution is 2.16. The zero-order valence-electron chi connectivity index (χ0n) is 10.4. The summed E-state index contributed by atoms with van der Waals surface area (Å²) in [6, 6.07) is 4.36. The smallest absolute Gasteiger partial charge is 0.237 e. The van der Waals surface area contributed by atoms with Gasteiger partial charge in [-0.25, -0.2) is 4.39 Å². The van der Waals surface area contributed by atoms with Crippen LogP contribution in [0.25, 0.3) is 0 Å². The Morgan fingerprint density at radius 2 is 2.26 bits per heavy atom. The van der Waals surface area contributed by atoms with Crippen LogP contribution in [0.15, 0.2) is 18.2 Å². The molecule has 0 aliphatic carbocycles. The van der Waals surface area contributed by atoms with E-state index < -0.39 is 5.82 Å². The van der Waals surface area contributed by atoms with Crippen molar-refractivity contribution in [3.63, 3.8) is 0 Å².